The zero-order valence-electron chi connectivity index (χ0n) is 6.33. The first-order valence-electron chi connectivity index (χ1n) is 3.31. The van der Waals surface area contributed by atoms with Gasteiger partial charge in [-0.3, -0.25) is 0 Å². The third-order valence-electron chi connectivity index (χ3n) is 0.986. The molecule has 0 saturated heterocycles. The van der Waals surface area contributed by atoms with Crippen molar-refractivity contribution in [3.8, 4) is 0 Å². The van der Waals surface area contributed by atoms with Gasteiger partial charge in [0.05, 0.1) is 0 Å². The van der Waals surface area contributed by atoms with Crippen LogP contribution in [0.5, 0.6) is 0 Å². The topological polar surface area (TPSA) is 0 Å². The molecule has 1 aromatic carbocycles. The van der Waals surface area contributed by atoms with Crippen molar-refractivity contribution in [3.63, 3.8) is 0 Å². The molecule has 1 heterocycles. The molecular weight excluding hydrogens is 216 g/mol. The molecule has 0 aliphatic carbocycles. The second-order valence-corrected chi connectivity index (χ2v) is 2.55. The third-order valence-corrected chi connectivity index (χ3v) is 1.55. The monoisotopic (exact) mass is 223 g/mol. The van der Waals surface area contributed by atoms with Gasteiger partial charge in [-0.25, -0.2) is 6.07 Å². The molecule has 2 aromatic rings. The molecule has 0 amide bonds. The van der Waals surface area contributed by atoms with E-state index in [1.54, 1.807) is 11.3 Å². The maximum atomic E-state index is 2.90. The molecule has 0 fully saturated rings. The predicted molar refractivity (Wildman–Crippen MR) is 48.4 cm³/mol. The molecule has 0 nitrogen and oxygen atoms in total. The van der Waals surface area contributed by atoms with Crippen LogP contribution in [-0.4, -0.2) is 0 Å². The zero-order valence-corrected chi connectivity index (χ0v) is 8.09. The fourth-order valence-electron chi connectivity index (χ4n) is 0.538. The van der Waals surface area contributed by atoms with E-state index in [-0.39, 0.29) is 17.1 Å². The summed E-state index contributed by atoms with van der Waals surface area (Å²) in [6.07, 6.45) is 0. The first kappa shape index (κ1) is 11.4. The SMILES string of the molecule is [Cu+2].[c-]1ccccc1.[c-]1cccs1. The van der Waals surface area contributed by atoms with Crippen LogP contribution in [-0.2, 0) is 17.1 Å². The molecule has 0 N–H and O–H groups in total. The number of rotatable bonds is 0. The van der Waals surface area contributed by atoms with E-state index in [9.17, 15) is 0 Å². The number of thiophene rings is 1. The van der Waals surface area contributed by atoms with Gasteiger partial charge >= 0.3 is 17.1 Å². The van der Waals surface area contributed by atoms with E-state index in [0.29, 0.717) is 0 Å². The minimum absolute atomic E-state index is 0. The molecule has 0 bridgehead atoms. The second-order valence-electron chi connectivity index (χ2n) is 1.81. The van der Waals surface area contributed by atoms with E-state index in [0.717, 1.165) is 0 Å². The van der Waals surface area contributed by atoms with E-state index < -0.39 is 0 Å². The first-order valence-corrected chi connectivity index (χ1v) is 4.19. The Morgan fingerprint density at radius 1 is 0.833 bits per heavy atom. The molecule has 0 saturated carbocycles. The molecule has 1 aromatic heterocycles. The quantitative estimate of drug-likeness (QED) is 0.476. The van der Waals surface area contributed by atoms with E-state index in [1.807, 2.05) is 47.8 Å². The largest absolute Gasteiger partial charge is 2.00 e. The average molecular weight is 224 g/mol. The molecule has 12 heavy (non-hydrogen) atoms. The minimum Gasteiger partial charge on any atom is -0.304 e. The molecule has 0 spiro atoms. The number of hydrogen-bond acceptors (Lipinski definition) is 1. The van der Waals surface area contributed by atoms with Crippen molar-refractivity contribution >= 4 is 11.3 Å². The Balaban J connectivity index is 0.000000189. The van der Waals surface area contributed by atoms with Crippen molar-refractivity contribution < 1.29 is 17.1 Å². The van der Waals surface area contributed by atoms with Crippen LogP contribution in [0, 0.1) is 11.4 Å². The van der Waals surface area contributed by atoms with Crippen molar-refractivity contribution in [1.82, 2.24) is 0 Å². The summed E-state index contributed by atoms with van der Waals surface area (Å²) in [6.45, 7) is 0. The molecule has 65 valence electrons. The van der Waals surface area contributed by atoms with Gasteiger partial charge in [0, 0.05) is 0 Å². The van der Waals surface area contributed by atoms with Gasteiger partial charge in [-0.1, -0.05) is 0 Å². The third kappa shape index (κ3) is 6.17. The summed E-state index contributed by atoms with van der Waals surface area (Å²) in [5.41, 5.74) is 0. The smallest absolute Gasteiger partial charge is 0.304 e. The van der Waals surface area contributed by atoms with E-state index in [2.05, 4.69) is 11.4 Å². The van der Waals surface area contributed by atoms with Crippen LogP contribution in [0.4, 0.5) is 0 Å². The van der Waals surface area contributed by atoms with Gasteiger partial charge in [-0.2, -0.15) is 47.8 Å². The van der Waals surface area contributed by atoms with Crippen LogP contribution in [0.2, 0.25) is 0 Å². The molecule has 2 rings (SSSR count). The Labute approximate surface area is 87.7 Å². The Morgan fingerprint density at radius 3 is 1.75 bits per heavy atom. The summed E-state index contributed by atoms with van der Waals surface area (Å²) < 4.78 is 0. The average Bonchev–Trinajstić information content (AvgIpc) is 2.64. The van der Waals surface area contributed by atoms with E-state index in [4.69, 9.17) is 0 Å². The van der Waals surface area contributed by atoms with Crippen LogP contribution >= 0.6 is 11.3 Å². The normalized spacial score (nSPS) is 7.33. The van der Waals surface area contributed by atoms with Crippen LogP contribution < -0.4 is 0 Å². The number of hydrogen-bond donors (Lipinski definition) is 0. The summed E-state index contributed by atoms with van der Waals surface area (Å²) >= 11 is 1.59. The van der Waals surface area contributed by atoms with Crippen molar-refractivity contribution in [2.45, 2.75) is 0 Å². The van der Waals surface area contributed by atoms with Crippen LogP contribution in [0.15, 0.2) is 47.8 Å². The molecule has 0 aliphatic heterocycles. The van der Waals surface area contributed by atoms with Gasteiger partial charge in [0.25, 0.3) is 0 Å². The first-order chi connectivity index (χ1) is 5.50. The summed E-state index contributed by atoms with van der Waals surface area (Å²) in [7, 11) is 0. The van der Waals surface area contributed by atoms with Crippen molar-refractivity contribution in [1.29, 1.82) is 0 Å². The fraction of sp³-hybridized carbons (Fsp3) is 0. The van der Waals surface area contributed by atoms with Crippen LogP contribution in [0.3, 0.4) is 0 Å². The summed E-state index contributed by atoms with van der Waals surface area (Å²) in [5, 5.41) is 4.89. The van der Waals surface area contributed by atoms with E-state index in [1.165, 1.54) is 0 Å². The van der Waals surface area contributed by atoms with Gasteiger partial charge in [0.1, 0.15) is 0 Å². The molecule has 2 heteroatoms. The van der Waals surface area contributed by atoms with Gasteiger partial charge in [0.2, 0.25) is 0 Å². The van der Waals surface area contributed by atoms with E-state index >= 15 is 0 Å². The Kier molecular flexibility index (Phi) is 8.14. The summed E-state index contributed by atoms with van der Waals surface area (Å²) in [6, 6.07) is 16.4. The summed E-state index contributed by atoms with van der Waals surface area (Å²) in [5.74, 6) is 0. The second kappa shape index (κ2) is 8.54. The van der Waals surface area contributed by atoms with Crippen molar-refractivity contribution in [3.05, 3.63) is 59.3 Å². The number of benzene rings is 1. The summed E-state index contributed by atoms with van der Waals surface area (Å²) in [4.78, 5) is 0. The molecule has 0 unspecified atom stereocenters. The Morgan fingerprint density at radius 2 is 1.58 bits per heavy atom. The minimum atomic E-state index is 0. The van der Waals surface area contributed by atoms with Gasteiger partial charge in [-0.05, 0) is 0 Å². The van der Waals surface area contributed by atoms with Crippen molar-refractivity contribution in [2.75, 3.05) is 0 Å². The fourth-order valence-corrected chi connectivity index (χ4v) is 0.931. The van der Waals surface area contributed by atoms with Gasteiger partial charge in [0.15, 0.2) is 0 Å². The van der Waals surface area contributed by atoms with Gasteiger partial charge in [-0.15, -0.1) is 5.38 Å². The predicted octanol–water partition coefficient (Wildman–Crippen LogP) is 3.03. The molecule has 0 atom stereocenters. The molecular formula is C10H8CuS. The van der Waals surface area contributed by atoms with Crippen LogP contribution in [0.25, 0.3) is 0 Å². The van der Waals surface area contributed by atoms with Crippen LogP contribution in [0.1, 0.15) is 0 Å². The maximum absolute atomic E-state index is 2.90. The standard InChI is InChI=1S/C6H5.C4H3S.Cu/c1-2-4-6-5-3-1;1-2-4-5-3-1;/h1-5H;1-3H;/q2*-1;+2. The van der Waals surface area contributed by atoms with Gasteiger partial charge < -0.3 is 11.3 Å². The molecule has 1 radical (unpaired) electrons. The van der Waals surface area contributed by atoms with Crippen molar-refractivity contribution in [2.24, 2.45) is 0 Å². The maximum Gasteiger partial charge on any atom is 2.00 e. The Bertz CT molecular complexity index is 196. The Hall–Kier alpha value is -0.561. The zero-order chi connectivity index (χ0) is 7.78. The molecule has 0 aliphatic rings.